The van der Waals surface area contributed by atoms with Crippen LogP contribution >= 0.6 is 0 Å². The molecule has 7 heteroatoms. The van der Waals surface area contributed by atoms with Gasteiger partial charge in [-0.25, -0.2) is 12.8 Å². The van der Waals surface area contributed by atoms with Gasteiger partial charge in [-0.2, -0.15) is 4.72 Å². The number of aliphatic carboxylic acids is 1. The molecule has 0 unspecified atom stereocenters. The lowest BCUT2D eigenvalue weighted by Gasteiger charge is -2.16. The van der Waals surface area contributed by atoms with E-state index in [1.165, 1.54) is 13.8 Å². The Bertz CT molecular complexity index is 575. The zero-order chi connectivity index (χ0) is 14.8. The molecule has 1 atom stereocenters. The highest BCUT2D eigenvalue weighted by Gasteiger charge is 2.26. The van der Waals surface area contributed by atoms with Crippen molar-refractivity contribution in [3.63, 3.8) is 0 Å². The van der Waals surface area contributed by atoms with Gasteiger partial charge < -0.3 is 5.11 Å². The number of rotatable bonds is 5. The fraction of sp³-hybridized carbons (Fsp3) is 0.417. The van der Waals surface area contributed by atoms with E-state index in [1.54, 1.807) is 6.92 Å². The lowest BCUT2D eigenvalue weighted by Crippen LogP contribution is -2.40. The molecule has 1 aromatic rings. The number of halogens is 1. The van der Waals surface area contributed by atoms with Crippen LogP contribution in [0.5, 0.6) is 0 Å². The predicted octanol–water partition coefficient (Wildman–Crippen LogP) is 1.58. The van der Waals surface area contributed by atoms with Crippen molar-refractivity contribution >= 4 is 16.0 Å². The van der Waals surface area contributed by atoms with E-state index in [2.05, 4.69) is 4.72 Å². The minimum atomic E-state index is -3.99. The third-order valence-corrected chi connectivity index (χ3v) is 4.47. The van der Waals surface area contributed by atoms with Gasteiger partial charge in [-0.05, 0) is 43.5 Å². The van der Waals surface area contributed by atoms with E-state index in [-0.39, 0.29) is 22.4 Å². The summed E-state index contributed by atoms with van der Waals surface area (Å²) in [6.45, 7) is 4.49. The first kappa shape index (κ1) is 15.6. The largest absolute Gasteiger partial charge is 0.480 e. The van der Waals surface area contributed by atoms with E-state index in [0.717, 1.165) is 12.1 Å². The van der Waals surface area contributed by atoms with E-state index in [9.17, 15) is 17.6 Å². The molecule has 5 nitrogen and oxygen atoms in total. The van der Waals surface area contributed by atoms with Gasteiger partial charge in [0.15, 0.2) is 0 Å². The quantitative estimate of drug-likeness (QED) is 0.862. The number of carbonyl (C=O) groups is 1. The molecule has 0 aliphatic heterocycles. The van der Waals surface area contributed by atoms with Crippen LogP contribution < -0.4 is 4.72 Å². The summed E-state index contributed by atoms with van der Waals surface area (Å²) in [7, 11) is -3.99. The molecule has 0 bridgehead atoms. The highest BCUT2D eigenvalue weighted by molar-refractivity contribution is 7.89. The van der Waals surface area contributed by atoms with Crippen molar-refractivity contribution in [3.8, 4) is 0 Å². The lowest BCUT2D eigenvalue weighted by atomic mass is 10.1. The van der Waals surface area contributed by atoms with Crippen LogP contribution in [-0.4, -0.2) is 25.5 Å². The van der Waals surface area contributed by atoms with E-state index in [1.807, 2.05) is 0 Å². The number of benzene rings is 1. The fourth-order valence-electron chi connectivity index (χ4n) is 1.88. The van der Waals surface area contributed by atoms with Gasteiger partial charge in [0.2, 0.25) is 10.0 Å². The zero-order valence-electron chi connectivity index (χ0n) is 10.9. The summed E-state index contributed by atoms with van der Waals surface area (Å²) in [4.78, 5) is 10.8. The maximum absolute atomic E-state index is 13.1. The molecule has 2 N–H and O–H groups in total. The van der Waals surface area contributed by atoms with Crippen molar-refractivity contribution in [1.29, 1.82) is 0 Å². The van der Waals surface area contributed by atoms with Gasteiger partial charge in [0.1, 0.15) is 11.9 Å². The van der Waals surface area contributed by atoms with E-state index >= 15 is 0 Å². The first-order valence-electron chi connectivity index (χ1n) is 5.71. The third kappa shape index (κ3) is 3.51. The van der Waals surface area contributed by atoms with Gasteiger partial charge in [-0.15, -0.1) is 0 Å². The molecule has 1 rings (SSSR count). The number of nitrogens with one attached hydrogen (secondary N) is 1. The average Bonchev–Trinajstić information content (AvgIpc) is 2.23. The van der Waals surface area contributed by atoms with Crippen LogP contribution in [-0.2, 0) is 14.8 Å². The fourth-order valence-corrected chi connectivity index (χ4v) is 3.60. The predicted molar refractivity (Wildman–Crippen MR) is 67.9 cm³/mol. The van der Waals surface area contributed by atoms with Gasteiger partial charge in [-0.1, -0.05) is 6.92 Å². The molecule has 106 valence electrons. The van der Waals surface area contributed by atoms with Crippen LogP contribution in [0.2, 0.25) is 0 Å². The number of carboxylic acid groups (broad SMARTS) is 1. The Hall–Kier alpha value is -1.47. The molecule has 0 aliphatic rings. The number of hydrogen-bond acceptors (Lipinski definition) is 3. The minimum absolute atomic E-state index is 0.0754. The monoisotopic (exact) mass is 289 g/mol. The average molecular weight is 289 g/mol. The van der Waals surface area contributed by atoms with Crippen molar-refractivity contribution in [1.82, 2.24) is 4.72 Å². The summed E-state index contributed by atoms with van der Waals surface area (Å²) in [5, 5.41) is 8.88. The minimum Gasteiger partial charge on any atom is -0.480 e. The number of aryl methyl sites for hydroxylation is 2. The summed E-state index contributed by atoms with van der Waals surface area (Å²) in [6.07, 6.45) is 0.119. The zero-order valence-corrected chi connectivity index (χ0v) is 11.7. The molecule has 19 heavy (non-hydrogen) atoms. The van der Waals surface area contributed by atoms with Crippen LogP contribution in [0.1, 0.15) is 24.5 Å². The molecule has 0 amide bonds. The van der Waals surface area contributed by atoms with Gasteiger partial charge >= 0.3 is 5.97 Å². The van der Waals surface area contributed by atoms with E-state index < -0.39 is 27.9 Å². The van der Waals surface area contributed by atoms with Crippen molar-refractivity contribution in [2.45, 2.75) is 38.1 Å². The second-order valence-corrected chi connectivity index (χ2v) is 5.94. The summed E-state index contributed by atoms with van der Waals surface area (Å²) in [5.41, 5.74) is 0.482. The molecule has 0 fully saturated rings. The normalized spacial score (nSPS) is 13.3. The summed E-state index contributed by atoms with van der Waals surface area (Å²) < 4.78 is 39.6. The molecule has 0 heterocycles. The van der Waals surface area contributed by atoms with Crippen LogP contribution in [0.25, 0.3) is 0 Å². The summed E-state index contributed by atoms with van der Waals surface area (Å²) in [5.74, 6) is -1.78. The van der Waals surface area contributed by atoms with Crippen molar-refractivity contribution < 1.29 is 22.7 Å². The van der Waals surface area contributed by atoms with Crippen LogP contribution in [0.4, 0.5) is 4.39 Å². The topological polar surface area (TPSA) is 83.5 Å². The molecule has 1 aromatic carbocycles. The van der Waals surface area contributed by atoms with Gasteiger partial charge in [-0.3, -0.25) is 4.79 Å². The van der Waals surface area contributed by atoms with Crippen LogP contribution in [0, 0.1) is 19.7 Å². The molecule has 0 aromatic heterocycles. The Balaban J connectivity index is 3.25. The van der Waals surface area contributed by atoms with Gasteiger partial charge in [0.05, 0.1) is 4.90 Å². The maximum atomic E-state index is 13.1. The SMILES string of the molecule is CC[C@H](NS(=O)(=O)c1c(C)cc(F)cc1C)C(=O)O. The molecular weight excluding hydrogens is 273 g/mol. The summed E-state index contributed by atoms with van der Waals surface area (Å²) in [6, 6.07) is 1.00. The van der Waals surface area contributed by atoms with E-state index in [4.69, 9.17) is 5.11 Å². The lowest BCUT2D eigenvalue weighted by molar-refractivity contribution is -0.139. The first-order chi connectivity index (χ1) is 8.69. The van der Waals surface area contributed by atoms with Crippen molar-refractivity contribution in [3.05, 3.63) is 29.1 Å². The molecular formula is C12H16FNO4S. The number of hydrogen-bond donors (Lipinski definition) is 2. The molecule has 0 radical (unpaired) electrons. The number of carboxylic acids is 1. The second kappa shape index (κ2) is 5.66. The smallest absolute Gasteiger partial charge is 0.321 e. The maximum Gasteiger partial charge on any atom is 0.321 e. The van der Waals surface area contributed by atoms with Crippen molar-refractivity contribution in [2.75, 3.05) is 0 Å². The Kier molecular flexibility index (Phi) is 4.65. The third-order valence-electron chi connectivity index (χ3n) is 2.70. The van der Waals surface area contributed by atoms with Crippen molar-refractivity contribution in [2.24, 2.45) is 0 Å². The van der Waals surface area contributed by atoms with Gasteiger partial charge in [0.25, 0.3) is 0 Å². The standard InChI is InChI=1S/C12H16FNO4S/c1-4-10(12(15)16)14-19(17,18)11-7(2)5-9(13)6-8(11)3/h5-6,10,14H,4H2,1-3H3,(H,15,16)/t10-/m0/s1. The van der Waals surface area contributed by atoms with E-state index in [0.29, 0.717) is 0 Å². The summed E-state index contributed by atoms with van der Waals surface area (Å²) >= 11 is 0. The van der Waals surface area contributed by atoms with Gasteiger partial charge in [0, 0.05) is 0 Å². The van der Waals surface area contributed by atoms with Crippen LogP contribution in [0.3, 0.4) is 0 Å². The Morgan fingerprint density at radius 2 is 1.84 bits per heavy atom. The molecule has 0 saturated carbocycles. The first-order valence-corrected chi connectivity index (χ1v) is 7.19. The Labute approximate surface area is 111 Å². The van der Waals surface area contributed by atoms with Crippen LogP contribution in [0.15, 0.2) is 17.0 Å². The number of sulfonamides is 1. The molecule has 0 aliphatic carbocycles. The Morgan fingerprint density at radius 1 is 1.37 bits per heavy atom. The molecule has 0 saturated heterocycles. The molecule has 0 spiro atoms. The Morgan fingerprint density at radius 3 is 2.21 bits per heavy atom. The highest BCUT2D eigenvalue weighted by Crippen LogP contribution is 2.21. The highest BCUT2D eigenvalue weighted by atomic mass is 32.2. The second-order valence-electron chi connectivity index (χ2n) is 4.29.